The van der Waals surface area contributed by atoms with Gasteiger partial charge in [0.15, 0.2) is 0 Å². The van der Waals surface area contributed by atoms with Crippen LogP contribution in [-0.2, 0) is 0 Å². The van der Waals surface area contributed by atoms with Crippen LogP contribution in [0.3, 0.4) is 0 Å². The zero-order valence-electron chi connectivity index (χ0n) is 5.14. The van der Waals surface area contributed by atoms with Gasteiger partial charge in [-0.05, 0) is 27.6 Å². The van der Waals surface area contributed by atoms with Gasteiger partial charge in [-0.25, -0.2) is 4.39 Å². The Bertz CT molecular complexity index is 255. The molecular formula is C8H5BrF. The fourth-order valence-electron chi connectivity index (χ4n) is 0.649. The van der Waals surface area contributed by atoms with E-state index in [-0.39, 0.29) is 5.82 Å². The molecular weight excluding hydrogens is 195 g/mol. The van der Waals surface area contributed by atoms with Gasteiger partial charge in [0.2, 0.25) is 0 Å². The predicted molar refractivity (Wildman–Crippen MR) is 42.9 cm³/mol. The van der Waals surface area contributed by atoms with Crippen LogP contribution < -0.4 is 0 Å². The fraction of sp³-hybridized carbons (Fsp3) is 0. The van der Waals surface area contributed by atoms with E-state index < -0.39 is 0 Å². The highest BCUT2D eigenvalue weighted by molar-refractivity contribution is 9.10. The van der Waals surface area contributed by atoms with Crippen molar-refractivity contribution in [1.29, 1.82) is 0 Å². The molecule has 51 valence electrons. The molecule has 0 aliphatic rings. The van der Waals surface area contributed by atoms with Crippen LogP contribution in [0.5, 0.6) is 0 Å². The smallest absolute Gasteiger partial charge is 0.137 e. The first-order chi connectivity index (χ1) is 4.75. The SMILES string of the molecule is [CH]=Cc1cccc(F)c1Br. The summed E-state index contributed by atoms with van der Waals surface area (Å²) in [6, 6.07) is 4.71. The number of hydrogen-bond donors (Lipinski definition) is 0. The maximum Gasteiger partial charge on any atom is 0.137 e. The molecule has 0 saturated carbocycles. The van der Waals surface area contributed by atoms with Gasteiger partial charge >= 0.3 is 0 Å². The van der Waals surface area contributed by atoms with Crippen LogP contribution in [0.4, 0.5) is 4.39 Å². The molecule has 0 aliphatic carbocycles. The molecule has 0 N–H and O–H groups in total. The minimum atomic E-state index is -0.292. The minimum absolute atomic E-state index is 0.292. The predicted octanol–water partition coefficient (Wildman–Crippen LogP) is 3.03. The van der Waals surface area contributed by atoms with E-state index in [1.807, 2.05) is 0 Å². The molecule has 10 heavy (non-hydrogen) atoms. The number of hydrogen-bond acceptors (Lipinski definition) is 0. The second-order valence-corrected chi connectivity index (χ2v) is 2.60. The molecule has 0 fully saturated rings. The van der Waals surface area contributed by atoms with Gasteiger partial charge in [0, 0.05) is 0 Å². The molecule has 0 atom stereocenters. The van der Waals surface area contributed by atoms with Gasteiger partial charge in [-0.15, -0.1) is 0 Å². The number of halogens is 2. The van der Waals surface area contributed by atoms with Crippen molar-refractivity contribution < 1.29 is 4.39 Å². The number of benzene rings is 1. The van der Waals surface area contributed by atoms with Crippen LogP contribution in [0.25, 0.3) is 6.08 Å². The molecule has 1 radical (unpaired) electrons. The van der Waals surface area contributed by atoms with Crippen molar-refractivity contribution in [3.63, 3.8) is 0 Å². The van der Waals surface area contributed by atoms with Crippen molar-refractivity contribution in [2.45, 2.75) is 0 Å². The van der Waals surface area contributed by atoms with Gasteiger partial charge < -0.3 is 0 Å². The Labute approximate surface area is 67.5 Å². The molecule has 1 aromatic rings. The molecule has 0 aromatic heterocycles. The summed E-state index contributed by atoms with van der Waals surface area (Å²) >= 11 is 3.05. The van der Waals surface area contributed by atoms with Crippen LogP contribution >= 0.6 is 15.9 Å². The zero-order valence-corrected chi connectivity index (χ0v) is 6.73. The highest BCUT2D eigenvalue weighted by atomic mass is 79.9. The van der Waals surface area contributed by atoms with Crippen LogP contribution in [0.2, 0.25) is 0 Å². The fourth-order valence-corrected chi connectivity index (χ4v) is 1.05. The van der Waals surface area contributed by atoms with Crippen molar-refractivity contribution in [2.75, 3.05) is 0 Å². The van der Waals surface area contributed by atoms with E-state index in [0.29, 0.717) is 10.0 Å². The Morgan fingerprint density at radius 3 is 2.70 bits per heavy atom. The molecule has 0 aliphatic heterocycles. The molecule has 0 amide bonds. The largest absolute Gasteiger partial charge is 0.206 e. The molecule has 0 saturated heterocycles. The van der Waals surface area contributed by atoms with Crippen LogP contribution in [-0.4, -0.2) is 0 Å². The Balaban J connectivity index is 3.27. The Hall–Kier alpha value is -0.630. The third-order valence-corrected chi connectivity index (χ3v) is 2.00. The molecule has 0 spiro atoms. The van der Waals surface area contributed by atoms with E-state index in [1.54, 1.807) is 12.1 Å². The van der Waals surface area contributed by atoms with Gasteiger partial charge in [-0.2, -0.15) is 0 Å². The average Bonchev–Trinajstić information content (AvgIpc) is 1.95. The quantitative estimate of drug-likeness (QED) is 0.653. The standard InChI is InChI=1S/C8H5BrF/c1-2-6-4-3-5-7(10)8(6)9/h1-5H. The molecule has 2 heteroatoms. The van der Waals surface area contributed by atoms with Gasteiger partial charge in [-0.3, -0.25) is 0 Å². The molecule has 0 unspecified atom stereocenters. The zero-order chi connectivity index (χ0) is 7.56. The highest BCUT2D eigenvalue weighted by Gasteiger charge is 1.99. The van der Waals surface area contributed by atoms with E-state index in [9.17, 15) is 4.39 Å². The van der Waals surface area contributed by atoms with E-state index >= 15 is 0 Å². The summed E-state index contributed by atoms with van der Waals surface area (Å²) in [6.45, 7) is 5.20. The first kappa shape index (κ1) is 7.48. The van der Waals surface area contributed by atoms with Crippen molar-refractivity contribution in [2.24, 2.45) is 0 Å². The lowest BCUT2D eigenvalue weighted by Gasteiger charge is -1.96. The summed E-state index contributed by atoms with van der Waals surface area (Å²) in [4.78, 5) is 0. The molecule has 0 nitrogen and oxygen atoms in total. The molecule has 0 bridgehead atoms. The van der Waals surface area contributed by atoms with Gasteiger partial charge in [0.1, 0.15) is 5.82 Å². The van der Waals surface area contributed by atoms with Crippen LogP contribution in [0.15, 0.2) is 22.7 Å². The van der Waals surface area contributed by atoms with Crippen molar-refractivity contribution in [3.05, 3.63) is 40.6 Å². The first-order valence-electron chi connectivity index (χ1n) is 2.74. The maximum absolute atomic E-state index is 12.6. The topological polar surface area (TPSA) is 0 Å². The Morgan fingerprint density at radius 1 is 1.50 bits per heavy atom. The lowest BCUT2D eigenvalue weighted by Crippen LogP contribution is -1.79. The summed E-state index contributed by atoms with van der Waals surface area (Å²) < 4.78 is 13.1. The van der Waals surface area contributed by atoms with Gasteiger partial charge in [-0.1, -0.05) is 24.8 Å². The van der Waals surface area contributed by atoms with Crippen molar-refractivity contribution >= 4 is 22.0 Å². The first-order valence-corrected chi connectivity index (χ1v) is 3.54. The highest BCUT2D eigenvalue weighted by Crippen LogP contribution is 2.20. The maximum atomic E-state index is 12.6. The van der Waals surface area contributed by atoms with Gasteiger partial charge in [0.05, 0.1) is 4.47 Å². The lowest BCUT2D eigenvalue weighted by atomic mass is 10.2. The normalized spacial score (nSPS) is 9.40. The lowest BCUT2D eigenvalue weighted by molar-refractivity contribution is 0.621. The second-order valence-electron chi connectivity index (χ2n) is 1.81. The third kappa shape index (κ3) is 1.27. The van der Waals surface area contributed by atoms with E-state index in [0.717, 1.165) is 0 Å². The Kier molecular flexibility index (Phi) is 2.22. The number of rotatable bonds is 1. The van der Waals surface area contributed by atoms with E-state index in [1.165, 1.54) is 12.1 Å². The third-order valence-electron chi connectivity index (χ3n) is 1.16. The Morgan fingerprint density at radius 2 is 2.20 bits per heavy atom. The van der Waals surface area contributed by atoms with Crippen molar-refractivity contribution in [3.8, 4) is 0 Å². The van der Waals surface area contributed by atoms with Crippen LogP contribution in [0.1, 0.15) is 5.56 Å². The molecule has 1 aromatic carbocycles. The summed E-state index contributed by atoms with van der Waals surface area (Å²) in [5, 5.41) is 0. The summed E-state index contributed by atoms with van der Waals surface area (Å²) in [7, 11) is 0. The monoisotopic (exact) mass is 199 g/mol. The summed E-state index contributed by atoms with van der Waals surface area (Å²) in [5.41, 5.74) is 0.667. The van der Waals surface area contributed by atoms with E-state index in [4.69, 9.17) is 6.58 Å². The molecule has 1 rings (SSSR count). The van der Waals surface area contributed by atoms with Crippen LogP contribution in [0, 0.1) is 12.4 Å². The minimum Gasteiger partial charge on any atom is -0.206 e. The molecule has 0 heterocycles. The van der Waals surface area contributed by atoms with Crippen molar-refractivity contribution in [1.82, 2.24) is 0 Å². The second kappa shape index (κ2) is 2.97. The van der Waals surface area contributed by atoms with Gasteiger partial charge in [0.25, 0.3) is 0 Å². The average molecular weight is 200 g/mol. The van der Waals surface area contributed by atoms with E-state index in [2.05, 4.69) is 15.9 Å². The summed E-state index contributed by atoms with van der Waals surface area (Å²) in [5.74, 6) is -0.292. The summed E-state index contributed by atoms with van der Waals surface area (Å²) in [6.07, 6.45) is 1.35.